The number of benzene rings is 7. The fourth-order valence-corrected chi connectivity index (χ4v) is 9.09. The van der Waals surface area contributed by atoms with E-state index in [-0.39, 0.29) is 5.41 Å². The molecule has 2 atom stereocenters. The van der Waals surface area contributed by atoms with Gasteiger partial charge in [-0.05, 0) is 77.0 Å². The lowest BCUT2D eigenvalue weighted by Gasteiger charge is -2.28. The molecule has 0 N–H and O–H groups in total. The van der Waals surface area contributed by atoms with E-state index < -0.39 is 0 Å². The van der Waals surface area contributed by atoms with Crippen LogP contribution in [0.15, 0.2) is 151 Å². The van der Waals surface area contributed by atoms with Crippen molar-refractivity contribution >= 4 is 54.9 Å². The summed E-state index contributed by atoms with van der Waals surface area (Å²) in [5.41, 5.74) is 6.75. The van der Waals surface area contributed by atoms with Crippen molar-refractivity contribution in [1.29, 1.82) is 0 Å². The van der Waals surface area contributed by atoms with Gasteiger partial charge in [0, 0.05) is 15.6 Å². The molecule has 0 nitrogen and oxygen atoms in total. The average molecular weight is 553 g/mol. The Kier molecular flexibility index (Phi) is 5.13. The molecule has 7 aromatic carbocycles. The molecule has 2 aliphatic rings. The minimum absolute atomic E-state index is 0.0142. The Bertz CT molecular complexity index is 2250. The largest absolute Gasteiger partial charge is 0.116 e. The highest BCUT2D eigenvalue weighted by molar-refractivity contribution is 8.00. The maximum absolute atomic E-state index is 2.41. The van der Waals surface area contributed by atoms with Gasteiger partial charge in [-0.15, -0.1) is 11.8 Å². The molecule has 42 heavy (non-hydrogen) atoms. The number of rotatable bonds is 2. The summed E-state index contributed by atoms with van der Waals surface area (Å²) in [6, 6.07) is 45.2. The molecule has 1 heteroatoms. The van der Waals surface area contributed by atoms with Crippen LogP contribution in [0.2, 0.25) is 0 Å². The Balaban J connectivity index is 1.42. The standard InChI is InChI=1S/C41H28S/c1-41-24-11-10-23-37(41)42-40-34(21-12-22-36(40)41)38-30-17-6-8-19-32(30)39(33-20-9-7-18-31(33)38)35-25-26-13-2-3-14-27(26)28-15-4-5-16-29(28)35/h2-25,37H,1H3. The lowest BCUT2D eigenvalue weighted by molar-refractivity contribution is 0.620. The third-order valence-corrected chi connectivity index (χ3v) is 11.1. The van der Waals surface area contributed by atoms with Gasteiger partial charge in [-0.25, -0.2) is 0 Å². The first kappa shape index (κ1) is 24.1. The molecule has 1 aliphatic heterocycles. The molecule has 7 aromatic rings. The van der Waals surface area contributed by atoms with Crippen molar-refractivity contribution in [2.24, 2.45) is 0 Å². The third-order valence-electron chi connectivity index (χ3n) is 9.51. The van der Waals surface area contributed by atoms with E-state index in [9.17, 15) is 0 Å². The van der Waals surface area contributed by atoms with Gasteiger partial charge in [-0.1, -0.05) is 146 Å². The zero-order valence-corrected chi connectivity index (χ0v) is 24.2. The second-order valence-corrected chi connectivity index (χ2v) is 12.9. The first-order valence-corrected chi connectivity index (χ1v) is 15.6. The molecular weight excluding hydrogens is 525 g/mol. The number of fused-ring (bicyclic) bond motifs is 8. The number of hydrogen-bond acceptors (Lipinski definition) is 1. The molecule has 1 aliphatic carbocycles. The Labute approximate surface area is 250 Å². The van der Waals surface area contributed by atoms with E-state index in [1.807, 2.05) is 11.8 Å². The highest BCUT2D eigenvalue weighted by atomic mass is 32.2. The fourth-order valence-electron chi connectivity index (χ4n) is 7.50. The second-order valence-electron chi connectivity index (χ2n) is 11.8. The average Bonchev–Trinajstić information content (AvgIpc) is 3.36. The van der Waals surface area contributed by atoms with E-state index in [2.05, 4.69) is 153 Å². The summed E-state index contributed by atoms with van der Waals surface area (Å²) in [5, 5.41) is 10.8. The van der Waals surface area contributed by atoms with Crippen molar-refractivity contribution in [3.8, 4) is 22.3 Å². The lowest BCUT2D eigenvalue weighted by atomic mass is 9.76. The van der Waals surface area contributed by atoms with Gasteiger partial charge in [0.25, 0.3) is 0 Å². The summed E-state index contributed by atoms with van der Waals surface area (Å²) in [5.74, 6) is 0. The molecule has 0 aromatic heterocycles. The van der Waals surface area contributed by atoms with Crippen molar-refractivity contribution in [3.05, 3.63) is 151 Å². The molecule has 1 heterocycles. The van der Waals surface area contributed by atoms with Crippen LogP contribution in [0, 0.1) is 0 Å². The van der Waals surface area contributed by atoms with E-state index in [1.54, 1.807) is 0 Å². The summed E-state index contributed by atoms with van der Waals surface area (Å²) >= 11 is 2.02. The van der Waals surface area contributed by atoms with Crippen molar-refractivity contribution in [1.82, 2.24) is 0 Å². The van der Waals surface area contributed by atoms with E-state index >= 15 is 0 Å². The topological polar surface area (TPSA) is 0 Å². The van der Waals surface area contributed by atoms with Crippen LogP contribution in [0.3, 0.4) is 0 Å². The molecular formula is C41H28S. The van der Waals surface area contributed by atoms with Gasteiger partial charge in [-0.3, -0.25) is 0 Å². The smallest absolute Gasteiger partial charge is 0.0407 e. The molecule has 0 saturated carbocycles. The molecule has 0 radical (unpaired) electrons. The molecule has 0 saturated heterocycles. The second kappa shape index (κ2) is 8.95. The summed E-state index contributed by atoms with van der Waals surface area (Å²) in [4.78, 5) is 1.42. The lowest BCUT2D eigenvalue weighted by Crippen LogP contribution is -2.28. The van der Waals surface area contributed by atoms with Crippen LogP contribution >= 0.6 is 11.8 Å². The van der Waals surface area contributed by atoms with Crippen LogP contribution in [-0.2, 0) is 5.41 Å². The molecule has 0 fully saturated rings. The summed E-state index contributed by atoms with van der Waals surface area (Å²) < 4.78 is 0. The predicted molar refractivity (Wildman–Crippen MR) is 183 cm³/mol. The zero-order valence-electron chi connectivity index (χ0n) is 23.3. The first-order chi connectivity index (χ1) is 20.7. The highest BCUT2D eigenvalue weighted by Gasteiger charge is 2.43. The quantitative estimate of drug-likeness (QED) is 0.152. The van der Waals surface area contributed by atoms with Crippen LogP contribution < -0.4 is 0 Å². The van der Waals surface area contributed by atoms with Crippen molar-refractivity contribution in [3.63, 3.8) is 0 Å². The molecule has 9 rings (SSSR count). The van der Waals surface area contributed by atoms with Gasteiger partial charge in [0.1, 0.15) is 0 Å². The van der Waals surface area contributed by atoms with Crippen molar-refractivity contribution in [2.45, 2.75) is 22.5 Å². The van der Waals surface area contributed by atoms with Crippen molar-refractivity contribution < 1.29 is 0 Å². The molecule has 0 spiro atoms. The first-order valence-electron chi connectivity index (χ1n) is 14.7. The number of hydrogen-bond donors (Lipinski definition) is 0. The maximum atomic E-state index is 2.41. The molecule has 0 bridgehead atoms. The predicted octanol–water partition coefficient (Wildman–Crippen LogP) is 11.5. The molecule has 2 unspecified atom stereocenters. The zero-order chi connectivity index (χ0) is 27.8. The fraction of sp³-hybridized carbons (Fsp3) is 0.0732. The van der Waals surface area contributed by atoms with Gasteiger partial charge < -0.3 is 0 Å². The minimum Gasteiger partial charge on any atom is -0.116 e. The normalized spacial score (nSPS) is 19.1. The minimum atomic E-state index is 0.0142. The number of allylic oxidation sites excluding steroid dienone is 3. The van der Waals surface area contributed by atoms with Gasteiger partial charge in [0.15, 0.2) is 0 Å². The van der Waals surface area contributed by atoms with E-state index in [1.165, 1.54) is 75.8 Å². The van der Waals surface area contributed by atoms with Gasteiger partial charge in [0.2, 0.25) is 0 Å². The third kappa shape index (κ3) is 3.26. The number of thioether (sulfide) groups is 1. The van der Waals surface area contributed by atoms with Crippen LogP contribution in [0.4, 0.5) is 0 Å². The van der Waals surface area contributed by atoms with Crippen LogP contribution in [0.25, 0.3) is 65.3 Å². The Morgan fingerprint density at radius 1 is 0.524 bits per heavy atom. The van der Waals surface area contributed by atoms with Crippen molar-refractivity contribution in [2.75, 3.05) is 0 Å². The van der Waals surface area contributed by atoms with Gasteiger partial charge >= 0.3 is 0 Å². The summed E-state index contributed by atoms with van der Waals surface area (Å²) in [6.07, 6.45) is 9.19. The molecule has 0 amide bonds. The van der Waals surface area contributed by atoms with Gasteiger partial charge in [0.05, 0.1) is 0 Å². The van der Waals surface area contributed by atoms with Crippen LogP contribution in [-0.4, -0.2) is 5.25 Å². The summed E-state index contributed by atoms with van der Waals surface area (Å²) in [6.45, 7) is 2.39. The van der Waals surface area contributed by atoms with Gasteiger partial charge in [-0.2, -0.15) is 0 Å². The van der Waals surface area contributed by atoms with E-state index in [0.717, 1.165) is 0 Å². The maximum Gasteiger partial charge on any atom is 0.0407 e. The Morgan fingerprint density at radius 2 is 1.10 bits per heavy atom. The SMILES string of the molecule is CC12C=CC=CC1Sc1c(-c3c4ccccc4c(-c4cc5ccccc5c5ccccc45)c4ccccc34)cccc12. The summed E-state index contributed by atoms with van der Waals surface area (Å²) in [7, 11) is 0. The highest BCUT2D eigenvalue weighted by Crippen LogP contribution is 2.56. The van der Waals surface area contributed by atoms with Crippen LogP contribution in [0.1, 0.15) is 12.5 Å². The van der Waals surface area contributed by atoms with Crippen LogP contribution in [0.5, 0.6) is 0 Å². The van der Waals surface area contributed by atoms with E-state index in [4.69, 9.17) is 0 Å². The molecule has 198 valence electrons. The Morgan fingerprint density at radius 3 is 1.79 bits per heavy atom. The van der Waals surface area contributed by atoms with E-state index in [0.29, 0.717) is 5.25 Å². The monoisotopic (exact) mass is 552 g/mol. The Hall–Kier alpha value is -4.59.